The summed E-state index contributed by atoms with van der Waals surface area (Å²) >= 11 is 0. The van der Waals surface area contributed by atoms with Crippen LogP contribution in [-0.2, 0) is 11.3 Å². The van der Waals surface area contributed by atoms with Crippen LogP contribution in [0.15, 0.2) is 58.0 Å². The Morgan fingerprint density at radius 1 is 0.719 bits per heavy atom. The Labute approximate surface area is 189 Å². The van der Waals surface area contributed by atoms with Crippen LogP contribution in [0.2, 0.25) is 0 Å². The molecule has 0 amide bonds. The third kappa shape index (κ3) is 3.04. The van der Waals surface area contributed by atoms with E-state index in [-0.39, 0.29) is 0 Å². The minimum absolute atomic E-state index is 0.444. The van der Waals surface area contributed by atoms with E-state index < -0.39 is 0 Å². The van der Waals surface area contributed by atoms with Gasteiger partial charge in [0.2, 0.25) is 5.88 Å². The molecule has 0 saturated heterocycles. The zero-order valence-electron chi connectivity index (χ0n) is 19.2. The molecule has 0 bridgehead atoms. The van der Waals surface area contributed by atoms with Crippen molar-refractivity contribution in [1.29, 1.82) is 0 Å². The summed E-state index contributed by atoms with van der Waals surface area (Å²) in [5.74, 6) is 2.70. The van der Waals surface area contributed by atoms with Crippen LogP contribution in [0.1, 0.15) is 57.2 Å². The normalized spacial score (nSPS) is 18.7. The van der Waals surface area contributed by atoms with Crippen LogP contribution in [0.5, 0.6) is 5.75 Å². The number of allylic oxidation sites excluding steroid dienone is 2. The van der Waals surface area contributed by atoms with Gasteiger partial charge in [-0.1, -0.05) is 52.0 Å². The first-order chi connectivity index (χ1) is 15.5. The number of hydrogen-bond acceptors (Lipinski definition) is 4. The molecule has 0 unspecified atom stereocenters. The van der Waals surface area contributed by atoms with Crippen LogP contribution < -0.4 is 4.74 Å². The number of ether oxygens (including phenoxy) is 2. The van der Waals surface area contributed by atoms with Crippen LogP contribution in [0.3, 0.4) is 0 Å². The number of rotatable bonds is 3. The second kappa shape index (κ2) is 7.19. The molecule has 4 aliphatic heterocycles. The van der Waals surface area contributed by atoms with Gasteiger partial charge in [0, 0.05) is 35.4 Å². The van der Waals surface area contributed by atoms with Crippen molar-refractivity contribution in [3.8, 4) is 16.9 Å². The molecule has 0 saturated carbocycles. The largest absolute Gasteiger partial charge is 0.487 e. The molecule has 4 heterocycles. The second-order valence-corrected chi connectivity index (χ2v) is 9.74. The van der Waals surface area contributed by atoms with E-state index >= 15 is 0 Å². The fourth-order valence-corrected chi connectivity index (χ4v) is 4.97. The highest BCUT2D eigenvalue weighted by Gasteiger charge is 2.29. The first-order valence-electron chi connectivity index (χ1n) is 11.6. The summed E-state index contributed by atoms with van der Waals surface area (Å²) in [5.41, 5.74) is 12.2. The van der Waals surface area contributed by atoms with Crippen LogP contribution in [0.25, 0.3) is 22.3 Å². The minimum atomic E-state index is 0.444. The maximum absolute atomic E-state index is 6.12. The van der Waals surface area contributed by atoms with Gasteiger partial charge in [0.05, 0.1) is 5.70 Å². The lowest BCUT2D eigenvalue weighted by atomic mass is 9.90. The second-order valence-electron chi connectivity index (χ2n) is 9.74. The molecule has 4 aliphatic rings. The van der Waals surface area contributed by atoms with Gasteiger partial charge in [0.15, 0.2) is 0 Å². The Kier molecular flexibility index (Phi) is 4.39. The molecule has 0 fully saturated rings. The number of nitrogens with zero attached hydrogens (tertiary/aromatic N) is 2. The summed E-state index contributed by atoms with van der Waals surface area (Å²) in [5, 5.41) is 0. The lowest BCUT2D eigenvalue weighted by Crippen LogP contribution is -2.08. The lowest BCUT2D eigenvalue weighted by molar-refractivity contribution is 0.194. The van der Waals surface area contributed by atoms with Gasteiger partial charge in [-0.15, -0.1) is 0 Å². The highest BCUT2D eigenvalue weighted by Crippen LogP contribution is 2.43. The number of aliphatic imine (C=N–C) groups is 2. The smallest absolute Gasteiger partial charge is 0.217 e. The van der Waals surface area contributed by atoms with E-state index in [1.807, 2.05) is 0 Å². The molecular formula is C28H28N2O2. The zero-order chi connectivity index (χ0) is 22.0. The van der Waals surface area contributed by atoms with Crippen LogP contribution in [0, 0.1) is 11.8 Å². The van der Waals surface area contributed by atoms with E-state index in [4.69, 9.17) is 19.5 Å². The molecule has 4 nitrogen and oxygen atoms in total. The van der Waals surface area contributed by atoms with Crippen LogP contribution >= 0.6 is 0 Å². The fraction of sp³-hybridized carbons (Fsp3) is 0.357. The zero-order valence-corrected chi connectivity index (χ0v) is 19.2. The average molecular weight is 425 g/mol. The van der Waals surface area contributed by atoms with Gasteiger partial charge in [0.25, 0.3) is 0 Å². The van der Waals surface area contributed by atoms with Gasteiger partial charge in [-0.25, -0.2) is 4.99 Å². The maximum Gasteiger partial charge on any atom is 0.217 e. The van der Waals surface area contributed by atoms with Crippen molar-refractivity contribution in [3.63, 3.8) is 0 Å². The molecule has 2 aromatic rings. The molecule has 0 spiro atoms. The molecule has 0 aliphatic carbocycles. The van der Waals surface area contributed by atoms with E-state index in [9.17, 15) is 0 Å². The molecule has 6 rings (SSSR count). The van der Waals surface area contributed by atoms with Crippen molar-refractivity contribution in [1.82, 2.24) is 0 Å². The van der Waals surface area contributed by atoms with Crippen molar-refractivity contribution >= 4 is 22.6 Å². The highest BCUT2D eigenvalue weighted by atomic mass is 16.5. The summed E-state index contributed by atoms with van der Waals surface area (Å²) in [7, 11) is 0. The molecule has 2 aromatic carbocycles. The Morgan fingerprint density at radius 2 is 1.41 bits per heavy atom. The van der Waals surface area contributed by atoms with Crippen molar-refractivity contribution in [2.75, 3.05) is 6.61 Å². The van der Waals surface area contributed by atoms with Gasteiger partial charge < -0.3 is 9.47 Å². The van der Waals surface area contributed by atoms with Crippen LogP contribution in [0.4, 0.5) is 0 Å². The van der Waals surface area contributed by atoms with E-state index in [0.717, 1.165) is 30.2 Å². The van der Waals surface area contributed by atoms with E-state index in [1.54, 1.807) is 0 Å². The number of benzene rings is 2. The Hall–Kier alpha value is -3.14. The van der Waals surface area contributed by atoms with Crippen molar-refractivity contribution in [2.45, 2.75) is 47.1 Å². The van der Waals surface area contributed by atoms with E-state index in [2.05, 4.69) is 64.1 Å². The quantitative estimate of drug-likeness (QED) is 0.553. The van der Waals surface area contributed by atoms with Gasteiger partial charge in [-0.05, 0) is 51.8 Å². The van der Waals surface area contributed by atoms with Gasteiger partial charge in [0.1, 0.15) is 19.0 Å². The van der Waals surface area contributed by atoms with Crippen molar-refractivity contribution in [2.24, 2.45) is 21.8 Å². The Morgan fingerprint density at radius 3 is 2.19 bits per heavy atom. The highest BCUT2D eigenvalue weighted by molar-refractivity contribution is 6.02. The third-order valence-corrected chi connectivity index (χ3v) is 6.98. The predicted molar refractivity (Wildman–Crippen MR) is 130 cm³/mol. The average Bonchev–Trinajstić information content (AvgIpc) is 3.43. The first-order valence-corrected chi connectivity index (χ1v) is 11.6. The van der Waals surface area contributed by atoms with Gasteiger partial charge in [-0.3, -0.25) is 4.99 Å². The standard InChI is InChI=1S/C28H28N2O2/c1-15(2)24-11-22-21-8-6-18(10-27(21)31-14-26(22)29-24)17-5-7-20-19(9-17)13-32-28-23(20)12-25(30-28)16(3)4/h5-10,15-16H,11-14H2,1-4H3. The SMILES string of the molecule is CC(C)C1=NC2=C(C1)c1ccc(-c3ccc4c(c3)COC3=C4CC(C(C)C)=N3)cc1OC2. The maximum atomic E-state index is 6.12. The molecule has 0 N–H and O–H groups in total. The lowest BCUT2D eigenvalue weighted by Gasteiger charge is -2.21. The Balaban J connectivity index is 1.30. The minimum Gasteiger partial charge on any atom is -0.487 e. The monoisotopic (exact) mass is 424 g/mol. The van der Waals surface area contributed by atoms with Crippen molar-refractivity contribution in [3.05, 3.63) is 64.7 Å². The summed E-state index contributed by atoms with van der Waals surface area (Å²) in [6, 6.07) is 13.3. The molecule has 0 radical (unpaired) electrons. The fourth-order valence-electron chi connectivity index (χ4n) is 4.97. The Bertz CT molecular complexity index is 1170. The topological polar surface area (TPSA) is 43.2 Å². The molecule has 4 heteroatoms. The van der Waals surface area contributed by atoms with Crippen LogP contribution in [-0.4, -0.2) is 18.0 Å². The van der Waals surface area contributed by atoms with Gasteiger partial charge >= 0.3 is 0 Å². The third-order valence-electron chi connectivity index (χ3n) is 6.98. The molecule has 162 valence electrons. The molecular weight excluding hydrogens is 396 g/mol. The summed E-state index contributed by atoms with van der Waals surface area (Å²) in [6.45, 7) is 9.95. The van der Waals surface area contributed by atoms with Gasteiger partial charge in [-0.2, -0.15) is 0 Å². The van der Waals surface area contributed by atoms with Crippen molar-refractivity contribution < 1.29 is 9.47 Å². The van der Waals surface area contributed by atoms with E-state index in [1.165, 1.54) is 50.4 Å². The summed E-state index contributed by atoms with van der Waals surface area (Å²) in [4.78, 5) is 9.55. The summed E-state index contributed by atoms with van der Waals surface area (Å²) in [6.07, 6.45) is 1.83. The first kappa shape index (κ1) is 19.5. The molecule has 0 atom stereocenters. The molecule has 0 aromatic heterocycles. The number of hydrogen-bond donors (Lipinski definition) is 0. The molecule has 32 heavy (non-hydrogen) atoms. The van der Waals surface area contributed by atoms with E-state index in [0.29, 0.717) is 25.0 Å². The number of fused-ring (bicyclic) bond motifs is 4. The predicted octanol–water partition coefficient (Wildman–Crippen LogP) is 6.66. The summed E-state index contributed by atoms with van der Waals surface area (Å²) < 4.78 is 12.1.